The van der Waals surface area contributed by atoms with E-state index in [0.717, 1.165) is 6.42 Å². The first kappa shape index (κ1) is 12.7. The number of nitrogens with zero attached hydrogens (tertiary/aromatic N) is 2. The topological polar surface area (TPSA) is 83.6 Å². The summed E-state index contributed by atoms with van der Waals surface area (Å²) in [6.07, 6.45) is 2.57. The summed E-state index contributed by atoms with van der Waals surface area (Å²) >= 11 is 0. The summed E-state index contributed by atoms with van der Waals surface area (Å²) in [4.78, 5) is 21.7. The maximum absolute atomic E-state index is 11.7. The molecule has 0 aliphatic carbocycles. The van der Waals surface area contributed by atoms with Gasteiger partial charge in [0.2, 0.25) is 0 Å². The molecule has 0 bridgehead atoms. The van der Waals surface area contributed by atoms with Crippen LogP contribution in [0.4, 0.5) is 5.69 Å². The molecule has 7 nitrogen and oxygen atoms in total. The average Bonchev–Trinajstić information content (AvgIpc) is 2.38. The van der Waals surface area contributed by atoms with Gasteiger partial charge >= 0.3 is 11.2 Å². The van der Waals surface area contributed by atoms with Crippen LogP contribution < -0.4 is 5.56 Å². The third kappa shape index (κ3) is 2.93. The van der Waals surface area contributed by atoms with Gasteiger partial charge in [0, 0.05) is 25.2 Å². The second-order valence-corrected chi connectivity index (χ2v) is 3.96. The second-order valence-electron chi connectivity index (χ2n) is 3.96. The van der Waals surface area contributed by atoms with Gasteiger partial charge in [-0.2, -0.15) is 0 Å². The molecule has 1 aromatic heterocycles. The van der Waals surface area contributed by atoms with Gasteiger partial charge < -0.3 is 14.0 Å². The minimum atomic E-state index is -0.674. The van der Waals surface area contributed by atoms with E-state index < -0.39 is 16.2 Å². The fourth-order valence-electron chi connectivity index (χ4n) is 1.79. The van der Waals surface area contributed by atoms with Crippen molar-refractivity contribution in [2.24, 2.45) is 0 Å². The Morgan fingerprint density at radius 2 is 2.17 bits per heavy atom. The first-order chi connectivity index (χ1) is 8.68. The van der Waals surface area contributed by atoms with E-state index in [1.165, 1.54) is 22.9 Å². The maximum atomic E-state index is 11.7. The summed E-state index contributed by atoms with van der Waals surface area (Å²) in [5.74, 6) is 0. The molecule has 0 atom stereocenters. The minimum Gasteiger partial charge on any atom is -0.353 e. The molecule has 1 saturated heterocycles. The van der Waals surface area contributed by atoms with Gasteiger partial charge in [-0.3, -0.25) is 14.9 Å². The predicted octanol–water partition coefficient (Wildman–Crippen LogP) is 0.910. The van der Waals surface area contributed by atoms with Gasteiger partial charge in [0.25, 0.3) is 0 Å². The van der Waals surface area contributed by atoms with Crippen molar-refractivity contribution < 1.29 is 14.4 Å². The van der Waals surface area contributed by atoms with Crippen LogP contribution in [-0.2, 0) is 16.0 Å². The van der Waals surface area contributed by atoms with E-state index >= 15 is 0 Å². The van der Waals surface area contributed by atoms with Crippen LogP contribution >= 0.6 is 0 Å². The van der Waals surface area contributed by atoms with Crippen molar-refractivity contribution in [2.75, 3.05) is 13.2 Å². The van der Waals surface area contributed by atoms with E-state index in [0.29, 0.717) is 26.2 Å². The van der Waals surface area contributed by atoms with E-state index in [1.54, 1.807) is 0 Å². The molecule has 2 rings (SSSR count). The summed E-state index contributed by atoms with van der Waals surface area (Å²) in [7, 11) is 0. The molecule has 98 valence electrons. The molecule has 0 aromatic carbocycles. The molecule has 0 saturated carbocycles. The Morgan fingerprint density at radius 1 is 1.44 bits per heavy atom. The van der Waals surface area contributed by atoms with Gasteiger partial charge in [0.15, 0.2) is 6.29 Å². The molecule has 0 unspecified atom stereocenters. The van der Waals surface area contributed by atoms with Crippen molar-refractivity contribution in [3.8, 4) is 0 Å². The van der Waals surface area contributed by atoms with Gasteiger partial charge in [-0.1, -0.05) is 0 Å². The Hall–Kier alpha value is -1.73. The minimum absolute atomic E-state index is 0.329. The highest BCUT2D eigenvalue weighted by Crippen LogP contribution is 2.10. The predicted molar refractivity (Wildman–Crippen MR) is 62.3 cm³/mol. The Morgan fingerprint density at radius 3 is 2.83 bits per heavy atom. The van der Waals surface area contributed by atoms with E-state index in [1.807, 2.05) is 0 Å². The van der Waals surface area contributed by atoms with Gasteiger partial charge in [-0.25, -0.2) is 0 Å². The van der Waals surface area contributed by atoms with Crippen LogP contribution in [0.2, 0.25) is 0 Å². The summed E-state index contributed by atoms with van der Waals surface area (Å²) in [5, 5.41) is 10.6. The molecule has 0 radical (unpaired) electrons. The third-order valence-electron chi connectivity index (χ3n) is 2.70. The van der Waals surface area contributed by atoms with Crippen molar-refractivity contribution in [3.63, 3.8) is 0 Å². The highest BCUT2D eigenvalue weighted by atomic mass is 16.7. The Bertz CT molecular complexity index is 479. The number of hydrogen-bond acceptors (Lipinski definition) is 5. The molecule has 0 spiro atoms. The van der Waals surface area contributed by atoms with Gasteiger partial charge in [-0.15, -0.1) is 0 Å². The lowest BCUT2D eigenvalue weighted by Crippen LogP contribution is -2.29. The molecule has 1 aliphatic heterocycles. The Balaban J connectivity index is 2.03. The lowest BCUT2D eigenvalue weighted by atomic mass is 10.3. The number of rotatable bonds is 4. The molecule has 1 fully saturated rings. The molecule has 0 N–H and O–H groups in total. The molecular formula is C11H14N2O5. The summed E-state index contributed by atoms with van der Waals surface area (Å²) in [6, 6.07) is 2.69. The normalized spacial score (nSPS) is 16.7. The van der Waals surface area contributed by atoms with E-state index in [9.17, 15) is 14.9 Å². The van der Waals surface area contributed by atoms with Crippen LogP contribution in [0.3, 0.4) is 0 Å². The molecule has 0 amide bonds. The zero-order valence-corrected chi connectivity index (χ0v) is 9.78. The van der Waals surface area contributed by atoms with Gasteiger partial charge in [0.05, 0.1) is 18.1 Å². The van der Waals surface area contributed by atoms with Crippen molar-refractivity contribution in [1.82, 2.24) is 4.57 Å². The lowest BCUT2D eigenvalue weighted by molar-refractivity contribution is -0.386. The highest BCUT2D eigenvalue weighted by Gasteiger charge is 2.17. The molecule has 1 aliphatic rings. The quantitative estimate of drug-likeness (QED) is 0.589. The number of ether oxygens (including phenoxy) is 2. The summed E-state index contributed by atoms with van der Waals surface area (Å²) < 4.78 is 12.0. The smallest absolute Gasteiger partial charge is 0.334 e. The van der Waals surface area contributed by atoms with E-state index in [-0.39, 0.29) is 6.29 Å². The Kier molecular flexibility index (Phi) is 4.06. The monoisotopic (exact) mass is 254 g/mol. The zero-order valence-electron chi connectivity index (χ0n) is 9.78. The fourth-order valence-corrected chi connectivity index (χ4v) is 1.79. The largest absolute Gasteiger partial charge is 0.353 e. The molecule has 7 heteroatoms. The first-order valence-corrected chi connectivity index (χ1v) is 5.75. The van der Waals surface area contributed by atoms with Gasteiger partial charge in [0.1, 0.15) is 0 Å². The van der Waals surface area contributed by atoms with Crippen LogP contribution in [0.1, 0.15) is 12.8 Å². The van der Waals surface area contributed by atoms with Crippen LogP contribution in [0.5, 0.6) is 0 Å². The van der Waals surface area contributed by atoms with Crippen molar-refractivity contribution >= 4 is 5.69 Å². The summed E-state index contributed by atoms with van der Waals surface area (Å²) in [6.45, 7) is 1.63. The Labute approximate surface area is 103 Å². The first-order valence-electron chi connectivity index (χ1n) is 5.75. The SMILES string of the molecule is O=c1c([N+](=O)[O-])cccn1CCC1OCCCO1. The van der Waals surface area contributed by atoms with E-state index in [4.69, 9.17) is 9.47 Å². The number of aryl methyl sites for hydroxylation is 1. The number of pyridine rings is 1. The molecule has 1 aromatic rings. The molecule has 2 heterocycles. The van der Waals surface area contributed by atoms with Gasteiger partial charge in [-0.05, 0) is 12.5 Å². The molecular weight excluding hydrogens is 240 g/mol. The fraction of sp³-hybridized carbons (Fsp3) is 0.545. The highest BCUT2D eigenvalue weighted by molar-refractivity contribution is 5.24. The van der Waals surface area contributed by atoms with Crippen LogP contribution in [0.15, 0.2) is 23.1 Å². The maximum Gasteiger partial charge on any atom is 0.334 e. The number of aromatic nitrogens is 1. The second kappa shape index (κ2) is 5.74. The lowest BCUT2D eigenvalue weighted by Gasteiger charge is -2.23. The van der Waals surface area contributed by atoms with E-state index in [2.05, 4.69) is 0 Å². The zero-order chi connectivity index (χ0) is 13.0. The third-order valence-corrected chi connectivity index (χ3v) is 2.70. The standard InChI is InChI=1S/C11H14N2O5/c14-11-9(13(15)16)3-1-5-12(11)6-4-10-17-7-2-8-18-10/h1,3,5,10H,2,4,6-8H2. The number of nitro groups is 1. The van der Waals surface area contributed by atoms with Crippen molar-refractivity contribution in [3.05, 3.63) is 38.8 Å². The summed E-state index contributed by atoms with van der Waals surface area (Å²) in [5.41, 5.74) is -1.01. The van der Waals surface area contributed by atoms with Crippen molar-refractivity contribution in [1.29, 1.82) is 0 Å². The average molecular weight is 254 g/mol. The molecule has 18 heavy (non-hydrogen) atoms. The van der Waals surface area contributed by atoms with Crippen molar-refractivity contribution in [2.45, 2.75) is 25.7 Å². The van der Waals surface area contributed by atoms with Crippen LogP contribution in [0, 0.1) is 10.1 Å². The number of hydrogen-bond donors (Lipinski definition) is 0. The van der Waals surface area contributed by atoms with Crippen LogP contribution in [0.25, 0.3) is 0 Å². The van der Waals surface area contributed by atoms with Crippen LogP contribution in [-0.4, -0.2) is 29.0 Å².